The van der Waals surface area contributed by atoms with Gasteiger partial charge in [-0.1, -0.05) is 26.0 Å². The van der Waals surface area contributed by atoms with Crippen LogP contribution in [0.3, 0.4) is 0 Å². The van der Waals surface area contributed by atoms with E-state index in [2.05, 4.69) is 10.6 Å². The van der Waals surface area contributed by atoms with E-state index in [-0.39, 0.29) is 23.5 Å². The van der Waals surface area contributed by atoms with Gasteiger partial charge in [0.2, 0.25) is 11.8 Å². The zero-order valence-corrected chi connectivity index (χ0v) is 12.1. The van der Waals surface area contributed by atoms with Gasteiger partial charge in [0.05, 0.1) is 0 Å². The molecule has 2 amide bonds. The van der Waals surface area contributed by atoms with Crippen LogP contribution in [0.25, 0.3) is 0 Å². The van der Waals surface area contributed by atoms with Gasteiger partial charge >= 0.3 is 0 Å². The number of halogens is 1. The third kappa shape index (κ3) is 5.38. The maximum Gasteiger partial charge on any atom is 0.242 e. The zero-order chi connectivity index (χ0) is 15.1. The molecule has 4 nitrogen and oxygen atoms in total. The summed E-state index contributed by atoms with van der Waals surface area (Å²) in [6.45, 7) is 5.59. The molecule has 0 fully saturated rings. The lowest BCUT2D eigenvalue weighted by atomic mass is 10.0. The highest BCUT2D eigenvalue weighted by Gasteiger charge is 2.22. The quantitative estimate of drug-likeness (QED) is 0.832. The molecule has 0 spiro atoms. The van der Waals surface area contributed by atoms with Crippen molar-refractivity contribution < 1.29 is 14.0 Å². The van der Waals surface area contributed by atoms with Crippen LogP contribution < -0.4 is 10.6 Å². The molecule has 0 aliphatic heterocycles. The van der Waals surface area contributed by atoms with Gasteiger partial charge in [-0.05, 0) is 30.0 Å². The molecule has 0 aromatic heterocycles. The summed E-state index contributed by atoms with van der Waals surface area (Å²) in [5.74, 6) is -0.678. The van der Waals surface area contributed by atoms with Crippen LogP contribution in [-0.4, -0.2) is 24.4 Å². The first kappa shape index (κ1) is 16.1. The van der Waals surface area contributed by atoms with Crippen molar-refractivity contribution in [2.45, 2.75) is 33.2 Å². The number of hydrogen-bond donors (Lipinski definition) is 2. The standard InChI is InChI=1S/C15H21FN2O2/c1-10(2)14(18-11(3)19)15(20)17-9-8-12-4-6-13(16)7-5-12/h4-7,10,14H,8-9H2,1-3H3,(H,17,20)(H,18,19). The number of nitrogens with one attached hydrogen (secondary N) is 2. The summed E-state index contributed by atoms with van der Waals surface area (Å²) in [6.07, 6.45) is 0.622. The van der Waals surface area contributed by atoms with Gasteiger partial charge in [-0.25, -0.2) is 4.39 Å². The SMILES string of the molecule is CC(=O)NC(C(=O)NCCc1ccc(F)cc1)C(C)C. The first-order valence-electron chi connectivity index (χ1n) is 6.69. The van der Waals surface area contributed by atoms with Crippen LogP contribution >= 0.6 is 0 Å². The van der Waals surface area contributed by atoms with E-state index in [1.165, 1.54) is 19.1 Å². The Labute approximate surface area is 118 Å². The average molecular weight is 280 g/mol. The zero-order valence-electron chi connectivity index (χ0n) is 12.1. The van der Waals surface area contributed by atoms with Crippen LogP contribution in [0, 0.1) is 11.7 Å². The van der Waals surface area contributed by atoms with E-state index in [1.54, 1.807) is 12.1 Å². The van der Waals surface area contributed by atoms with Gasteiger partial charge in [-0.15, -0.1) is 0 Å². The summed E-state index contributed by atoms with van der Waals surface area (Å²) in [4.78, 5) is 23.0. The molecule has 1 aromatic carbocycles. The Kier molecular flexibility index (Phi) is 6.15. The smallest absolute Gasteiger partial charge is 0.242 e. The van der Waals surface area contributed by atoms with Gasteiger partial charge in [0, 0.05) is 13.5 Å². The summed E-state index contributed by atoms with van der Waals surface area (Å²) in [5, 5.41) is 5.42. The molecule has 5 heteroatoms. The van der Waals surface area contributed by atoms with Crippen molar-refractivity contribution in [3.05, 3.63) is 35.6 Å². The Bertz CT molecular complexity index is 457. The lowest BCUT2D eigenvalue weighted by Crippen LogP contribution is -2.49. The van der Waals surface area contributed by atoms with Crippen molar-refractivity contribution in [1.29, 1.82) is 0 Å². The van der Waals surface area contributed by atoms with E-state index < -0.39 is 6.04 Å². The third-order valence-electron chi connectivity index (χ3n) is 2.93. The normalized spacial score (nSPS) is 12.1. The molecule has 110 valence electrons. The van der Waals surface area contributed by atoms with Crippen molar-refractivity contribution in [2.24, 2.45) is 5.92 Å². The Morgan fingerprint density at radius 2 is 1.80 bits per heavy atom. The fraction of sp³-hybridized carbons (Fsp3) is 0.467. The van der Waals surface area contributed by atoms with Gasteiger partial charge in [0.25, 0.3) is 0 Å². The number of carbonyl (C=O) groups excluding carboxylic acids is 2. The minimum Gasteiger partial charge on any atom is -0.354 e. The second-order valence-corrected chi connectivity index (χ2v) is 5.09. The highest BCUT2D eigenvalue weighted by molar-refractivity contribution is 5.87. The summed E-state index contributed by atoms with van der Waals surface area (Å²) < 4.78 is 12.7. The first-order valence-corrected chi connectivity index (χ1v) is 6.69. The average Bonchev–Trinajstić information content (AvgIpc) is 2.37. The molecular weight excluding hydrogens is 259 g/mol. The van der Waals surface area contributed by atoms with Crippen LogP contribution in [0.2, 0.25) is 0 Å². The van der Waals surface area contributed by atoms with Gasteiger partial charge in [-0.2, -0.15) is 0 Å². The Morgan fingerprint density at radius 3 is 2.30 bits per heavy atom. The van der Waals surface area contributed by atoms with Gasteiger partial charge in [-0.3, -0.25) is 9.59 Å². The summed E-state index contributed by atoms with van der Waals surface area (Å²) in [6, 6.07) is 5.64. The minimum absolute atomic E-state index is 0.0183. The Morgan fingerprint density at radius 1 is 1.20 bits per heavy atom. The number of rotatable bonds is 6. The molecule has 0 bridgehead atoms. The van der Waals surface area contributed by atoms with E-state index in [4.69, 9.17) is 0 Å². The van der Waals surface area contributed by atoms with E-state index in [1.807, 2.05) is 13.8 Å². The maximum atomic E-state index is 12.7. The fourth-order valence-electron chi connectivity index (χ4n) is 1.85. The molecule has 0 saturated carbocycles. The van der Waals surface area contributed by atoms with Crippen LogP contribution in [0.5, 0.6) is 0 Å². The summed E-state index contributed by atoms with van der Waals surface area (Å²) in [7, 11) is 0. The van der Waals surface area contributed by atoms with Crippen molar-refractivity contribution >= 4 is 11.8 Å². The lowest BCUT2D eigenvalue weighted by Gasteiger charge is -2.20. The van der Waals surface area contributed by atoms with Crippen molar-refractivity contribution in [1.82, 2.24) is 10.6 Å². The Hall–Kier alpha value is -1.91. The predicted molar refractivity (Wildman–Crippen MR) is 75.6 cm³/mol. The van der Waals surface area contributed by atoms with Crippen molar-refractivity contribution in [3.63, 3.8) is 0 Å². The number of benzene rings is 1. The van der Waals surface area contributed by atoms with Gasteiger partial charge in [0.1, 0.15) is 11.9 Å². The van der Waals surface area contributed by atoms with Crippen LogP contribution in [0.1, 0.15) is 26.3 Å². The topological polar surface area (TPSA) is 58.2 Å². The van der Waals surface area contributed by atoms with E-state index in [0.29, 0.717) is 13.0 Å². The number of amides is 2. The molecule has 1 rings (SSSR count). The molecule has 0 aliphatic rings. The first-order chi connectivity index (χ1) is 9.40. The lowest BCUT2D eigenvalue weighted by molar-refractivity contribution is -0.129. The van der Waals surface area contributed by atoms with Crippen molar-refractivity contribution in [2.75, 3.05) is 6.54 Å². The summed E-state index contributed by atoms with van der Waals surface area (Å²) in [5.41, 5.74) is 0.951. The van der Waals surface area contributed by atoms with E-state index >= 15 is 0 Å². The molecule has 0 aliphatic carbocycles. The number of carbonyl (C=O) groups is 2. The monoisotopic (exact) mass is 280 g/mol. The highest BCUT2D eigenvalue weighted by atomic mass is 19.1. The second kappa shape index (κ2) is 7.62. The largest absolute Gasteiger partial charge is 0.354 e. The fourth-order valence-corrected chi connectivity index (χ4v) is 1.85. The molecule has 20 heavy (non-hydrogen) atoms. The molecule has 0 radical (unpaired) electrons. The van der Waals surface area contributed by atoms with Gasteiger partial charge in [0.15, 0.2) is 0 Å². The van der Waals surface area contributed by atoms with E-state index in [0.717, 1.165) is 5.56 Å². The molecule has 0 saturated heterocycles. The van der Waals surface area contributed by atoms with E-state index in [9.17, 15) is 14.0 Å². The molecule has 1 aromatic rings. The Balaban J connectivity index is 2.44. The molecule has 2 N–H and O–H groups in total. The second-order valence-electron chi connectivity index (χ2n) is 5.09. The van der Waals surface area contributed by atoms with Crippen LogP contribution in [0.4, 0.5) is 4.39 Å². The summed E-state index contributed by atoms with van der Waals surface area (Å²) >= 11 is 0. The molecule has 0 heterocycles. The van der Waals surface area contributed by atoms with Gasteiger partial charge < -0.3 is 10.6 Å². The maximum absolute atomic E-state index is 12.7. The van der Waals surface area contributed by atoms with Crippen LogP contribution in [-0.2, 0) is 16.0 Å². The van der Waals surface area contributed by atoms with Crippen LogP contribution in [0.15, 0.2) is 24.3 Å². The van der Waals surface area contributed by atoms with Crippen molar-refractivity contribution in [3.8, 4) is 0 Å². The third-order valence-corrected chi connectivity index (χ3v) is 2.93. The predicted octanol–water partition coefficient (Wildman–Crippen LogP) is 1.65. The minimum atomic E-state index is -0.527. The number of hydrogen-bond acceptors (Lipinski definition) is 2. The molecular formula is C15H21FN2O2. The molecule has 1 unspecified atom stereocenters. The molecule has 1 atom stereocenters. The highest BCUT2D eigenvalue weighted by Crippen LogP contribution is 2.04.